The summed E-state index contributed by atoms with van der Waals surface area (Å²) in [6.07, 6.45) is 0. The van der Waals surface area contributed by atoms with E-state index < -0.39 is 29.7 Å². The number of aromatic amines is 2. The number of carbonyl (C=O) groups is 2. The molecule has 0 spiro atoms. The van der Waals surface area contributed by atoms with Gasteiger partial charge < -0.3 is 19.9 Å². The Morgan fingerprint density at radius 1 is 0.968 bits per heavy atom. The number of hydrogen-bond acceptors (Lipinski definition) is 6. The van der Waals surface area contributed by atoms with Crippen molar-refractivity contribution in [3.63, 3.8) is 0 Å². The summed E-state index contributed by atoms with van der Waals surface area (Å²) in [7, 11) is 0. The fourth-order valence-corrected chi connectivity index (χ4v) is 3.02. The topological polar surface area (TPSA) is 124 Å². The monoisotopic (exact) mass is 422 g/mol. The van der Waals surface area contributed by atoms with E-state index in [1.165, 1.54) is 0 Å². The highest BCUT2D eigenvalue weighted by Crippen LogP contribution is 2.28. The lowest BCUT2D eigenvalue weighted by Gasteiger charge is -2.29. The van der Waals surface area contributed by atoms with Gasteiger partial charge in [0.2, 0.25) is 0 Å². The Labute approximate surface area is 177 Å². The molecule has 0 saturated carbocycles. The van der Waals surface area contributed by atoms with E-state index in [2.05, 4.69) is 29.0 Å². The van der Waals surface area contributed by atoms with Crippen LogP contribution in [0.25, 0.3) is 0 Å². The SMILES string of the molecule is CC(C)N(c1ccccc1)c1ccc(NC(=O)COC(=O)c2cc(=O)[nH]c(=O)[nH]2)cc1. The number of benzene rings is 2. The third kappa shape index (κ3) is 5.69. The molecule has 1 aromatic heterocycles. The van der Waals surface area contributed by atoms with E-state index in [0.717, 1.165) is 17.4 Å². The molecule has 0 fully saturated rings. The van der Waals surface area contributed by atoms with Crippen LogP contribution in [0.4, 0.5) is 17.1 Å². The van der Waals surface area contributed by atoms with Crippen LogP contribution in [0.1, 0.15) is 24.3 Å². The number of rotatable bonds is 7. The Balaban J connectivity index is 1.61. The molecule has 160 valence electrons. The molecule has 3 N–H and O–H groups in total. The van der Waals surface area contributed by atoms with Gasteiger partial charge in [-0.2, -0.15) is 0 Å². The molecule has 0 aliphatic rings. The quantitative estimate of drug-likeness (QED) is 0.502. The zero-order valence-corrected chi connectivity index (χ0v) is 17.0. The molecule has 0 unspecified atom stereocenters. The maximum atomic E-state index is 12.1. The van der Waals surface area contributed by atoms with Gasteiger partial charge in [-0.15, -0.1) is 0 Å². The Morgan fingerprint density at radius 3 is 2.23 bits per heavy atom. The van der Waals surface area contributed by atoms with Gasteiger partial charge in [0.1, 0.15) is 5.69 Å². The first-order valence-corrected chi connectivity index (χ1v) is 9.58. The van der Waals surface area contributed by atoms with E-state index in [1.54, 1.807) is 12.1 Å². The number of carbonyl (C=O) groups excluding carboxylic acids is 2. The van der Waals surface area contributed by atoms with Gasteiger partial charge in [-0.25, -0.2) is 9.59 Å². The molecule has 2 aromatic carbocycles. The average molecular weight is 422 g/mol. The van der Waals surface area contributed by atoms with Crippen LogP contribution in [0.3, 0.4) is 0 Å². The molecule has 1 heterocycles. The molecular weight excluding hydrogens is 400 g/mol. The van der Waals surface area contributed by atoms with Crippen molar-refractivity contribution in [2.75, 3.05) is 16.8 Å². The lowest BCUT2D eigenvalue weighted by Crippen LogP contribution is -2.27. The number of nitrogens with one attached hydrogen (secondary N) is 3. The first-order valence-electron chi connectivity index (χ1n) is 9.58. The summed E-state index contributed by atoms with van der Waals surface area (Å²) < 4.78 is 4.84. The van der Waals surface area contributed by atoms with Crippen molar-refractivity contribution < 1.29 is 14.3 Å². The van der Waals surface area contributed by atoms with Crippen LogP contribution in [0, 0.1) is 0 Å². The summed E-state index contributed by atoms with van der Waals surface area (Å²) >= 11 is 0. The Hall–Kier alpha value is -4.14. The van der Waals surface area contributed by atoms with Gasteiger partial charge in [0.15, 0.2) is 6.61 Å². The predicted molar refractivity (Wildman–Crippen MR) is 117 cm³/mol. The van der Waals surface area contributed by atoms with Crippen LogP contribution in [-0.2, 0) is 9.53 Å². The van der Waals surface area contributed by atoms with Crippen molar-refractivity contribution in [2.24, 2.45) is 0 Å². The summed E-state index contributed by atoms with van der Waals surface area (Å²) in [6, 6.07) is 18.3. The van der Waals surface area contributed by atoms with Crippen molar-refractivity contribution in [3.05, 3.63) is 87.2 Å². The molecule has 9 heteroatoms. The lowest BCUT2D eigenvalue weighted by molar-refractivity contribution is -0.119. The molecule has 0 atom stereocenters. The zero-order chi connectivity index (χ0) is 22.4. The molecule has 1 amide bonds. The second kappa shape index (κ2) is 9.57. The predicted octanol–water partition coefficient (Wildman–Crippen LogP) is 2.41. The molecule has 0 bridgehead atoms. The molecule has 0 aliphatic heterocycles. The molecule has 31 heavy (non-hydrogen) atoms. The van der Waals surface area contributed by atoms with Crippen molar-refractivity contribution in [1.29, 1.82) is 0 Å². The molecule has 3 rings (SSSR count). The molecule has 9 nitrogen and oxygen atoms in total. The second-order valence-electron chi connectivity index (χ2n) is 6.97. The largest absolute Gasteiger partial charge is 0.451 e. The number of anilines is 3. The minimum absolute atomic E-state index is 0.221. The summed E-state index contributed by atoms with van der Waals surface area (Å²) in [5.41, 5.74) is 0.635. The van der Waals surface area contributed by atoms with E-state index >= 15 is 0 Å². The first kappa shape index (κ1) is 21.6. The highest BCUT2D eigenvalue weighted by molar-refractivity contribution is 5.94. The Bertz CT molecular complexity index is 1140. The van der Waals surface area contributed by atoms with Gasteiger partial charge in [-0.3, -0.25) is 14.6 Å². The zero-order valence-electron chi connectivity index (χ0n) is 17.0. The summed E-state index contributed by atoms with van der Waals surface area (Å²) in [5, 5.41) is 2.63. The van der Waals surface area contributed by atoms with E-state index in [1.807, 2.05) is 47.4 Å². The Morgan fingerprint density at radius 2 is 1.61 bits per heavy atom. The standard InChI is InChI=1S/C22H22N4O5/c1-14(2)26(16-6-4-3-5-7-16)17-10-8-15(9-11-17)23-20(28)13-31-21(29)18-12-19(27)25-22(30)24-18/h3-12,14H,13H2,1-2H3,(H,23,28)(H2,24,25,27,30). The van der Waals surface area contributed by atoms with E-state index in [4.69, 9.17) is 4.74 Å². The third-order valence-electron chi connectivity index (χ3n) is 4.29. The van der Waals surface area contributed by atoms with Gasteiger partial charge in [0, 0.05) is 29.2 Å². The number of ether oxygens (including phenoxy) is 1. The third-order valence-corrected chi connectivity index (χ3v) is 4.29. The second-order valence-corrected chi connectivity index (χ2v) is 6.97. The number of amides is 1. The van der Waals surface area contributed by atoms with Crippen molar-refractivity contribution >= 4 is 28.9 Å². The summed E-state index contributed by atoms with van der Waals surface area (Å²) in [6.45, 7) is 3.60. The lowest BCUT2D eigenvalue weighted by atomic mass is 10.2. The maximum Gasteiger partial charge on any atom is 0.355 e. The van der Waals surface area contributed by atoms with Crippen LogP contribution in [-0.4, -0.2) is 34.5 Å². The van der Waals surface area contributed by atoms with Gasteiger partial charge in [-0.05, 0) is 50.2 Å². The minimum Gasteiger partial charge on any atom is -0.451 e. The molecule has 0 radical (unpaired) electrons. The summed E-state index contributed by atoms with van der Waals surface area (Å²) in [4.78, 5) is 52.7. The van der Waals surface area contributed by atoms with Crippen LogP contribution >= 0.6 is 0 Å². The van der Waals surface area contributed by atoms with Crippen LogP contribution in [0.5, 0.6) is 0 Å². The number of para-hydroxylation sites is 1. The minimum atomic E-state index is -0.982. The number of aromatic nitrogens is 2. The normalized spacial score (nSPS) is 10.5. The van der Waals surface area contributed by atoms with E-state index in [9.17, 15) is 19.2 Å². The molecule has 0 aliphatic carbocycles. The highest BCUT2D eigenvalue weighted by atomic mass is 16.5. The molecule has 3 aromatic rings. The number of hydrogen-bond donors (Lipinski definition) is 3. The number of H-pyrrole nitrogens is 2. The van der Waals surface area contributed by atoms with Crippen LogP contribution in [0.15, 0.2) is 70.3 Å². The molecular formula is C22H22N4O5. The van der Waals surface area contributed by atoms with E-state index in [0.29, 0.717) is 5.69 Å². The van der Waals surface area contributed by atoms with Gasteiger partial charge >= 0.3 is 11.7 Å². The smallest absolute Gasteiger partial charge is 0.355 e. The summed E-state index contributed by atoms with van der Waals surface area (Å²) in [5.74, 6) is -1.54. The Kier molecular flexibility index (Phi) is 6.66. The van der Waals surface area contributed by atoms with Gasteiger partial charge in [-0.1, -0.05) is 18.2 Å². The number of esters is 1. The van der Waals surface area contributed by atoms with Gasteiger partial charge in [0.05, 0.1) is 0 Å². The van der Waals surface area contributed by atoms with Crippen LogP contribution in [0.2, 0.25) is 0 Å². The fourth-order valence-electron chi connectivity index (χ4n) is 3.02. The van der Waals surface area contributed by atoms with Gasteiger partial charge in [0.25, 0.3) is 11.5 Å². The van der Waals surface area contributed by atoms with Crippen molar-refractivity contribution in [2.45, 2.75) is 19.9 Å². The van der Waals surface area contributed by atoms with Crippen molar-refractivity contribution in [3.8, 4) is 0 Å². The van der Waals surface area contributed by atoms with Crippen molar-refractivity contribution in [1.82, 2.24) is 9.97 Å². The first-order chi connectivity index (χ1) is 14.8. The van der Waals surface area contributed by atoms with Crippen LogP contribution < -0.4 is 21.5 Å². The van der Waals surface area contributed by atoms with E-state index in [-0.39, 0.29) is 11.7 Å². The fraction of sp³-hybridized carbons (Fsp3) is 0.182. The average Bonchev–Trinajstić information content (AvgIpc) is 2.73. The maximum absolute atomic E-state index is 12.1. The number of nitrogens with zero attached hydrogens (tertiary/aromatic N) is 1. The molecule has 0 saturated heterocycles. The highest BCUT2D eigenvalue weighted by Gasteiger charge is 2.14.